The Hall–Kier alpha value is -1.43. The fourth-order valence-corrected chi connectivity index (χ4v) is 5.45. The minimum Gasteiger partial charge on any atom is -0.392 e. The Morgan fingerprint density at radius 1 is 1.11 bits per heavy atom. The molecule has 4 rings (SSSR count). The normalized spacial score (nSPS) is 20.5. The molecule has 3 aromatic rings. The highest BCUT2D eigenvalue weighted by Crippen LogP contribution is 2.40. The molecule has 1 aliphatic heterocycles. The number of aromatic nitrogens is 2. The third-order valence-corrected chi connectivity index (χ3v) is 7.83. The van der Waals surface area contributed by atoms with Crippen LogP contribution in [0, 0.1) is 6.92 Å². The van der Waals surface area contributed by atoms with Gasteiger partial charge in [0.2, 0.25) is 0 Å². The van der Waals surface area contributed by atoms with Crippen molar-refractivity contribution in [3.63, 3.8) is 0 Å². The summed E-state index contributed by atoms with van der Waals surface area (Å²) in [6, 6.07) is 14.7. The number of benzene rings is 2. The van der Waals surface area contributed by atoms with E-state index in [4.69, 9.17) is 44.3 Å². The average Bonchev–Trinajstić information content (AvgIpc) is 3.27. The molecule has 1 saturated heterocycles. The summed E-state index contributed by atoms with van der Waals surface area (Å²) in [5.41, 5.74) is 3.11. The van der Waals surface area contributed by atoms with Gasteiger partial charge in [0.1, 0.15) is 5.01 Å². The fraction of sp³-hybridized carbons (Fsp3) is 0.348. The molecule has 2 aromatic carbocycles. The zero-order chi connectivity index (χ0) is 25.0. The number of alkyl halides is 3. The first kappa shape index (κ1) is 26.6. The number of halogens is 3. The second-order valence-electron chi connectivity index (χ2n) is 7.82. The number of nitrogens with zero attached hydrogens (tertiary/aromatic N) is 2. The molecule has 1 aliphatic rings. The smallest absolute Gasteiger partial charge is 0.276 e. The summed E-state index contributed by atoms with van der Waals surface area (Å²) >= 11 is 20.0. The summed E-state index contributed by atoms with van der Waals surface area (Å²) in [4.78, 5) is 11.9. The molecular weight excluding hydrogens is 553 g/mol. The molecule has 186 valence electrons. The van der Waals surface area contributed by atoms with Gasteiger partial charge < -0.3 is 19.9 Å². The number of anilines is 1. The van der Waals surface area contributed by atoms with Crippen LogP contribution in [-0.2, 0) is 20.9 Å². The van der Waals surface area contributed by atoms with Gasteiger partial charge in [0.15, 0.2) is 10.6 Å². The van der Waals surface area contributed by atoms with E-state index in [1.807, 2.05) is 31.2 Å². The molecule has 0 bridgehead atoms. The predicted octanol–water partition coefficient (Wildman–Crippen LogP) is 5.99. The van der Waals surface area contributed by atoms with E-state index >= 15 is 0 Å². The van der Waals surface area contributed by atoms with Crippen molar-refractivity contribution in [1.82, 2.24) is 10.2 Å². The molecule has 0 saturated carbocycles. The van der Waals surface area contributed by atoms with E-state index in [0.29, 0.717) is 17.9 Å². The first-order valence-corrected chi connectivity index (χ1v) is 13.6. The van der Waals surface area contributed by atoms with Crippen molar-refractivity contribution >= 4 is 69.5 Å². The number of nitrogens with one attached hydrogen (secondary N) is 1. The molecule has 1 aromatic heterocycles. The quantitative estimate of drug-likeness (QED) is 0.265. The van der Waals surface area contributed by atoms with Gasteiger partial charge in [-0.1, -0.05) is 94.3 Å². The van der Waals surface area contributed by atoms with Crippen LogP contribution in [0.4, 0.5) is 5.69 Å². The lowest BCUT2D eigenvalue weighted by atomic mass is 10.0. The van der Waals surface area contributed by atoms with Crippen molar-refractivity contribution in [2.75, 3.05) is 11.1 Å². The monoisotopic (exact) mass is 573 g/mol. The molecule has 2 heterocycles. The zero-order valence-electron chi connectivity index (χ0n) is 18.5. The summed E-state index contributed by atoms with van der Waals surface area (Å²) < 4.78 is 11.5. The summed E-state index contributed by atoms with van der Waals surface area (Å²) in [6.45, 7) is 1.91. The van der Waals surface area contributed by atoms with E-state index in [9.17, 15) is 9.90 Å². The van der Waals surface area contributed by atoms with Crippen LogP contribution in [0.5, 0.6) is 0 Å². The van der Waals surface area contributed by atoms with E-state index in [1.165, 1.54) is 0 Å². The predicted molar refractivity (Wildman–Crippen MR) is 139 cm³/mol. The van der Waals surface area contributed by atoms with Gasteiger partial charge in [-0.3, -0.25) is 4.79 Å². The number of rotatable bonds is 7. The van der Waals surface area contributed by atoms with Crippen LogP contribution < -0.4 is 5.32 Å². The van der Waals surface area contributed by atoms with Crippen molar-refractivity contribution in [2.24, 2.45) is 0 Å². The van der Waals surface area contributed by atoms with Crippen molar-refractivity contribution < 1.29 is 19.4 Å². The Labute approximate surface area is 226 Å². The minimum atomic E-state index is -2.05. The Morgan fingerprint density at radius 2 is 1.80 bits per heavy atom. The van der Waals surface area contributed by atoms with Crippen LogP contribution in [0.15, 0.2) is 52.9 Å². The second-order valence-corrected chi connectivity index (χ2v) is 12.6. The van der Waals surface area contributed by atoms with Gasteiger partial charge in [-0.2, -0.15) is 0 Å². The maximum absolute atomic E-state index is 11.9. The molecule has 2 N–H and O–H groups in total. The lowest BCUT2D eigenvalue weighted by molar-refractivity contribution is -0.245. The van der Waals surface area contributed by atoms with E-state index in [0.717, 1.165) is 26.0 Å². The fourth-order valence-electron chi connectivity index (χ4n) is 3.45. The number of hydrogen-bond acceptors (Lipinski definition) is 8. The van der Waals surface area contributed by atoms with Crippen molar-refractivity contribution in [3.05, 3.63) is 70.2 Å². The highest BCUT2D eigenvalue weighted by atomic mass is 35.6. The standard InChI is InChI=1S/C23H22Cl3N3O4S2/c1-13-28-29-22(35-13)34-12-18-10-19(15-4-2-14(11-30)3-5-15)33-20(32-18)16-6-8-17(9-7-16)27-21(31)23(24,25)26/h2-9,18-20,30H,10-12H2,1H3,(H,27,31)/t18-,19+,20+/m0/s1. The van der Waals surface area contributed by atoms with E-state index in [2.05, 4.69) is 15.5 Å². The molecule has 7 nitrogen and oxygen atoms in total. The van der Waals surface area contributed by atoms with Crippen molar-refractivity contribution in [1.29, 1.82) is 0 Å². The van der Waals surface area contributed by atoms with Crippen molar-refractivity contribution in [2.45, 2.75) is 46.6 Å². The maximum atomic E-state index is 11.9. The lowest BCUT2D eigenvalue weighted by Gasteiger charge is -2.36. The molecule has 0 radical (unpaired) electrons. The van der Waals surface area contributed by atoms with E-state index < -0.39 is 16.0 Å². The summed E-state index contributed by atoms with van der Waals surface area (Å²) in [5, 5.41) is 21.1. The summed E-state index contributed by atoms with van der Waals surface area (Å²) in [7, 11) is 0. The second kappa shape index (κ2) is 11.7. The van der Waals surface area contributed by atoms with Gasteiger partial charge in [-0.05, 0) is 30.2 Å². The SMILES string of the molecule is Cc1nnc(SC[C@@H]2C[C@H](c3ccc(CO)cc3)O[C@H](c3ccc(NC(=O)C(Cl)(Cl)Cl)cc3)O2)s1. The number of carbonyl (C=O) groups excluding carboxylic acids is 1. The number of hydrogen-bond donors (Lipinski definition) is 2. The number of aryl methyl sites for hydroxylation is 1. The summed E-state index contributed by atoms with van der Waals surface area (Å²) in [5.74, 6) is -0.0484. The third-order valence-electron chi connectivity index (χ3n) is 5.21. The minimum absolute atomic E-state index is 0.0146. The highest BCUT2D eigenvalue weighted by Gasteiger charge is 2.33. The molecule has 1 fully saturated rings. The Bertz CT molecular complexity index is 1140. The Morgan fingerprint density at radius 3 is 2.40 bits per heavy atom. The largest absolute Gasteiger partial charge is 0.392 e. The number of amides is 1. The van der Waals surface area contributed by atoms with Crippen LogP contribution in [0.1, 0.15) is 40.5 Å². The topological polar surface area (TPSA) is 93.6 Å². The van der Waals surface area contributed by atoms with Crippen LogP contribution in [0.3, 0.4) is 0 Å². The van der Waals surface area contributed by atoms with Crippen LogP contribution in [0.2, 0.25) is 0 Å². The number of carbonyl (C=O) groups is 1. The molecule has 0 spiro atoms. The van der Waals surface area contributed by atoms with Gasteiger partial charge in [0.05, 0.1) is 18.8 Å². The van der Waals surface area contributed by atoms with Gasteiger partial charge >= 0.3 is 0 Å². The first-order valence-electron chi connectivity index (χ1n) is 10.6. The average molecular weight is 575 g/mol. The molecule has 1 amide bonds. The van der Waals surface area contributed by atoms with E-state index in [1.54, 1.807) is 47.4 Å². The van der Waals surface area contributed by atoms with E-state index in [-0.39, 0.29) is 18.8 Å². The van der Waals surface area contributed by atoms with Crippen molar-refractivity contribution in [3.8, 4) is 0 Å². The molecule has 0 aliphatic carbocycles. The van der Waals surface area contributed by atoms with Crippen LogP contribution in [0.25, 0.3) is 0 Å². The number of thioether (sulfide) groups is 1. The lowest BCUT2D eigenvalue weighted by Crippen LogP contribution is -2.31. The molecule has 35 heavy (non-hydrogen) atoms. The third kappa shape index (κ3) is 7.30. The number of ether oxygens (including phenoxy) is 2. The molecule has 0 unspecified atom stereocenters. The molecular formula is C23H22Cl3N3O4S2. The Balaban J connectivity index is 1.50. The number of aliphatic hydroxyl groups is 1. The first-order chi connectivity index (χ1) is 16.7. The van der Waals surface area contributed by atoms with Crippen LogP contribution in [-0.4, -0.2) is 36.9 Å². The zero-order valence-corrected chi connectivity index (χ0v) is 22.4. The van der Waals surface area contributed by atoms with Crippen LogP contribution >= 0.6 is 57.9 Å². The number of aliphatic hydroxyl groups excluding tert-OH is 1. The van der Waals surface area contributed by atoms with Gasteiger partial charge in [0, 0.05) is 23.4 Å². The van der Waals surface area contributed by atoms with Gasteiger partial charge in [-0.25, -0.2) is 0 Å². The highest BCUT2D eigenvalue weighted by molar-refractivity contribution is 8.01. The summed E-state index contributed by atoms with van der Waals surface area (Å²) in [6.07, 6.45) is -0.260. The van der Waals surface area contributed by atoms with Gasteiger partial charge in [-0.15, -0.1) is 10.2 Å². The maximum Gasteiger partial charge on any atom is 0.276 e. The molecule has 12 heteroatoms. The van der Waals surface area contributed by atoms with Gasteiger partial charge in [0.25, 0.3) is 9.70 Å². The Kier molecular flexibility index (Phi) is 8.94. The molecule has 3 atom stereocenters.